The average molecular weight is 468 g/mol. The predicted octanol–water partition coefficient (Wildman–Crippen LogP) is 2.99. The Labute approximate surface area is 192 Å². The third kappa shape index (κ3) is 3.05. The molecule has 2 N–H and O–H groups in total. The summed E-state index contributed by atoms with van der Waals surface area (Å²) in [4.78, 5) is 17.9. The molecule has 4 atom stereocenters. The topological polar surface area (TPSA) is 103 Å². The van der Waals surface area contributed by atoms with E-state index in [0.29, 0.717) is 53.1 Å². The van der Waals surface area contributed by atoms with E-state index in [9.17, 15) is 4.21 Å². The second-order valence-electron chi connectivity index (χ2n) is 9.18. The highest BCUT2D eigenvalue weighted by Crippen LogP contribution is 2.51. The normalized spacial score (nSPS) is 30.9. The van der Waals surface area contributed by atoms with E-state index in [0.717, 1.165) is 5.56 Å². The number of ether oxygens (including phenoxy) is 1. The quantitative estimate of drug-likeness (QED) is 0.592. The van der Waals surface area contributed by atoms with Crippen molar-refractivity contribution in [2.45, 2.75) is 48.6 Å². The fourth-order valence-corrected chi connectivity index (χ4v) is 8.11. The van der Waals surface area contributed by atoms with Crippen LogP contribution in [0.4, 0.5) is 4.39 Å². The van der Waals surface area contributed by atoms with Crippen LogP contribution in [0.1, 0.15) is 43.5 Å². The Morgan fingerprint density at radius 3 is 2.82 bits per heavy atom. The van der Waals surface area contributed by atoms with Gasteiger partial charge in [-0.2, -0.15) is 0 Å². The van der Waals surface area contributed by atoms with Crippen LogP contribution in [0.2, 0.25) is 0 Å². The molecule has 0 spiro atoms. The fourth-order valence-electron chi connectivity index (χ4n) is 5.20. The highest BCUT2D eigenvalue weighted by atomic mass is 32.2. The first kappa shape index (κ1) is 21.8. The van der Waals surface area contributed by atoms with Crippen LogP contribution in [0.25, 0.3) is 11.0 Å². The van der Waals surface area contributed by atoms with Gasteiger partial charge in [0.2, 0.25) is 0 Å². The maximum atomic E-state index is 15.2. The van der Waals surface area contributed by atoms with Gasteiger partial charge in [-0.3, -0.25) is 9.20 Å². The molecule has 1 aromatic carbocycles. The van der Waals surface area contributed by atoms with Crippen molar-refractivity contribution in [3.8, 4) is 5.75 Å². The van der Waals surface area contributed by atoms with E-state index in [1.54, 1.807) is 31.5 Å². The van der Waals surface area contributed by atoms with E-state index in [4.69, 9.17) is 15.5 Å². The summed E-state index contributed by atoms with van der Waals surface area (Å²) < 4.78 is 33.4. The van der Waals surface area contributed by atoms with Gasteiger partial charge in [0.15, 0.2) is 0 Å². The first-order valence-electron chi connectivity index (χ1n) is 10.7. The molecule has 0 radical (unpaired) electrons. The number of benzene rings is 1. The van der Waals surface area contributed by atoms with Crippen molar-refractivity contribution in [1.29, 1.82) is 0 Å². The highest BCUT2D eigenvalue weighted by Gasteiger charge is 2.59. The Kier molecular flexibility index (Phi) is 4.76. The summed E-state index contributed by atoms with van der Waals surface area (Å²) in [5.74, 6) is 4.57. The summed E-state index contributed by atoms with van der Waals surface area (Å²) in [5, 5.41) is -0.388. The zero-order valence-electron chi connectivity index (χ0n) is 18.8. The number of hydrogen-bond acceptors (Lipinski definition) is 7. The van der Waals surface area contributed by atoms with Crippen LogP contribution in [-0.4, -0.2) is 48.0 Å². The summed E-state index contributed by atoms with van der Waals surface area (Å²) in [6.45, 7) is 3.67. The van der Waals surface area contributed by atoms with Crippen LogP contribution >= 0.6 is 0 Å². The van der Waals surface area contributed by atoms with Crippen LogP contribution in [-0.2, 0) is 21.5 Å². The number of aromatic nitrogens is 3. The molecule has 1 saturated heterocycles. The minimum atomic E-state index is -2.62. The number of aliphatic imine (C=N–C) groups is 1. The Hall–Kier alpha value is -3.07. The molecule has 4 heterocycles. The molecular formula is C24H26FN5O2S. The van der Waals surface area contributed by atoms with E-state index in [1.165, 1.54) is 12.4 Å². The lowest BCUT2D eigenvalue weighted by Crippen LogP contribution is -2.55. The first-order chi connectivity index (χ1) is 15.6. The second-order valence-corrected chi connectivity index (χ2v) is 12.1. The molecule has 5 rings (SSSR count). The van der Waals surface area contributed by atoms with Gasteiger partial charge in [-0.05, 0) is 53.7 Å². The molecule has 2 bridgehead atoms. The number of nitrogens with zero attached hydrogens (tertiary/aromatic N) is 4. The van der Waals surface area contributed by atoms with E-state index in [-0.39, 0.29) is 5.25 Å². The summed E-state index contributed by atoms with van der Waals surface area (Å²) in [5.41, 5.74) is 8.50. The largest absolute Gasteiger partial charge is 0.495 e. The summed E-state index contributed by atoms with van der Waals surface area (Å²) in [7, 11) is -1.05. The van der Waals surface area contributed by atoms with Gasteiger partial charge >= 0.3 is 0 Å². The van der Waals surface area contributed by atoms with Crippen molar-refractivity contribution >= 4 is 32.3 Å². The number of pyridine rings is 1. The lowest BCUT2D eigenvalue weighted by molar-refractivity contribution is 0.413. The van der Waals surface area contributed by atoms with E-state index in [2.05, 4.69) is 20.8 Å². The molecule has 3 aromatic rings. The number of fused-ring (bicyclic) bond motifs is 3. The van der Waals surface area contributed by atoms with Crippen LogP contribution in [0, 0.1) is 5.82 Å². The molecule has 1 fully saturated rings. The van der Waals surface area contributed by atoms with E-state index < -0.39 is 25.6 Å². The standard InChI is InChI=1S/C24H26FN5O2S/c1-23-8-7-20(33(23,4)31)24(2,30-22(23)26)16-9-14(5-6-17(16)25)10-18-21-19(29-13-28-18)11-15(32-3)12-27-21/h5-6,9,11-13,20H,4,7-8,10H2,1-3H3,(H2,26,30)/t20-,23+,24+,33?/m0/s1. The molecule has 0 aliphatic carbocycles. The number of nitrogens with two attached hydrogens (primary N) is 1. The molecule has 0 saturated carbocycles. The molecular weight excluding hydrogens is 441 g/mol. The van der Waals surface area contributed by atoms with E-state index in [1.807, 2.05) is 13.8 Å². The highest BCUT2D eigenvalue weighted by molar-refractivity contribution is 8.03. The first-order valence-corrected chi connectivity index (χ1v) is 12.5. The molecule has 33 heavy (non-hydrogen) atoms. The van der Waals surface area contributed by atoms with Crippen molar-refractivity contribution in [3.05, 3.63) is 59.4 Å². The molecule has 0 amide bonds. The van der Waals surface area contributed by atoms with Crippen LogP contribution < -0.4 is 10.5 Å². The van der Waals surface area contributed by atoms with Crippen LogP contribution in [0.3, 0.4) is 0 Å². The Morgan fingerprint density at radius 2 is 2.06 bits per heavy atom. The molecule has 2 aliphatic heterocycles. The van der Waals surface area contributed by atoms with Crippen LogP contribution in [0.5, 0.6) is 5.75 Å². The SMILES string of the molecule is C=S1(=O)[C@H]2CC[C@]1(C)C(N)=N[C@]2(C)c1cc(Cc2ncnc3cc(OC)cnc23)ccc1F. The second kappa shape index (κ2) is 7.21. The zero-order chi connectivity index (χ0) is 23.6. The number of amidine groups is 1. The number of methoxy groups -OCH3 is 1. The fraction of sp³-hybridized carbons (Fsp3) is 0.375. The number of rotatable bonds is 4. The van der Waals surface area contributed by atoms with Gasteiger partial charge in [0.25, 0.3) is 0 Å². The zero-order valence-corrected chi connectivity index (χ0v) is 19.7. The molecule has 7 nitrogen and oxygen atoms in total. The van der Waals surface area contributed by atoms with Crippen molar-refractivity contribution in [2.24, 2.45) is 10.7 Å². The maximum absolute atomic E-state index is 15.2. The Balaban J connectivity index is 1.59. The summed E-state index contributed by atoms with van der Waals surface area (Å²) in [6.07, 6.45) is 4.78. The molecule has 2 aromatic heterocycles. The number of hydrogen-bond donors (Lipinski definition) is 1. The van der Waals surface area contributed by atoms with Crippen LogP contribution in [0.15, 0.2) is 41.8 Å². The maximum Gasteiger partial charge on any atom is 0.139 e. The minimum Gasteiger partial charge on any atom is -0.495 e. The van der Waals surface area contributed by atoms with Gasteiger partial charge in [-0.15, -0.1) is 0 Å². The third-order valence-corrected chi connectivity index (χ3v) is 10.9. The summed E-state index contributed by atoms with van der Waals surface area (Å²) in [6, 6.07) is 6.72. The Morgan fingerprint density at radius 1 is 1.27 bits per heavy atom. The molecule has 9 heteroatoms. The van der Waals surface area contributed by atoms with Crippen molar-refractivity contribution in [2.75, 3.05) is 7.11 Å². The molecule has 2 aliphatic rings. The van der Waals surface area contributed by atoms with Gasteiger partial charge in [0.1, 0.15) is 34.8 Å². The van der Waals surface area contributed by atoms with Gasteiger partial charge in [-0.1, -0.05) is 12.1 Å². The van der Waals surface area contributed by atoms with E-state index >= 15 is 4.39 Å². The summed E-state index contributed by atoms with van der Waals surface area (Å²) >= 11 is 0. The monoisotopic (exact) mass is 467 g/mol. The lowest BCUT2D eigenvalue weighted by Gasteiger charge is -2.42. The molecule has 1 unspecified atom stereocenters. The van der Waals surface area contributed by atoms with Gasteiger partial charge in [0, 0.05) is 18.1 Å². The number of halogens is 1. The minimum absolute atomic E-state index is 0.295. The Bertz CT molecular complexity index is 1420. The smallest absolute Gasteiger partial charge is 0.139 e. The molecule has 172 valence electrons. The van der Waals surface area contributed by atoms with Gasteiger partial charge < -0.3 is 10.5 Å². The van der Waals surface area contributed by atoms with Crippen molar-refractivity contribution in [3.63, 3.8) is 0 Å². The average Bonchev–Trinajstić information content (AvgIpc) is 2.97. The van der Waals surface area contributed by atoms with Gasteiger partial charge in [0.05, 0.1) is 34.5 Å². The third-order valence-electron chi connectivity index (χ3n) is 7.34. The van der Waals surface area contributed by atoms with Crippen molar-refractivity contribution in [1.82, 2.24) is 15.0 Å². The lowest BCUT2D eigenvalue weighted by atomic mass is 9.85. The van der Waals surface area contributed by atoms with Crippen molar-refractivity contribution < 1.29 is 13.3 Å². The predicted molar refractivity (Wildman–Crippen MR) is 129 cm³/mol. The van der Waals surface area contributed by atoms with Gasteiger partial charge in [-0.25, -0.2) is 19.3 Å².